The van der Waals surface area contributed by atoms with Crippen molar-refractivity contribution in [3.63, 3.8) is 0 Å². The number of rotatable bonds is 5. The molecule has 0 fully saturated rings. The average molecular weight is 336 g/mol. The molecule has 0 atom stereocenters. The summed E-state index contributed by atoms with van der Waals surface area (Å²) < 4.78 is 1.15. The Hall–Kier alpha value is -0.930. The maximum atomic E-state index is 3.54. The first-order chi connectivity index (χ1) is 9.16. The summed E-state index contributed by atoms with van der Waals surface area (Å²) in [7, 11) is 0. The first kappa shape index (κ1) is 14.5. The number of aryl methyl sites for hydroxylation is 2. The minimum Gasteiger partial charge on any atom is -0.384 e. The summed E-state index contributed by atoms with van der Waals surface area (Å²) in [6, 6.07) is 14.8. The van der Waals surface area contributed by atoms with Crippen LogP contribution in [0.4, 0.5) is 5.69 Å². The van der Waals surface area contributed by atoms with Gasteiger partial charge in [-0.05, 0) is 49.2 Å². The van der Waals surface area contributed by atoms with Gasteiger partial charge in [0.05, 0.1) is 0 Å². The molecule has 2 aromatic carbocycles. The highest BCUT2D eigenvalue weighted by molar-refractivity contribution is 9.10. The standard InChI is InChI=1S/C16H18BrNS/c1-12-10-14(17)11-13(2)16(12)18-8-9-19-15-6-4-3-5-7-15/h3-7,10-11,18H,8-9H2,1-2H3. The summed E-state index contributed by atoms with van der Waals surface area (Å²) in [5, 5.41) is 3.54. The molecule has 0 saturated carbocycles. The maximum Gasteiger partial charge on any atom is 0.0400 e. The topological polar surface area (TPSA) is 12.0 Å². The van der Waals surface area contributed by atoms with Crippen LogP contribution in [0.5, 0.6) is 0 Å². The lowest BCUT2D eigenvalue weighted by atomic mass is 10.1. The van der Waals surface area contributed by atoms with Crippen molar-refractivity contribution in [2.24, 2.45) is 0 Å². The van der Waals surface area contributed by atoms with Crippen molar-refractivity contribution >= 4 is 33.4 Å². The largest absolute Gasteiger partial charge is 0.384 e. The molecule has 0 radical (unpaired) electrons. The van der Waals surface area contributed by atoms with E-state index in [1.807, 2.05) is 11.8 Å². The lowest BCUT2D eigenvalue weighted by Gasteiger charge is -2.13. The second kappa shape index (κ2) is 7.01. The summed E-state index contributed by atoms with van der Waals surface area (Å²) in [6.45, 7) is 5.26. The minimum absolute atomic E-state index is 0.975. The van der Waals surface area contributed by atoms with E-state index < -0.39 is 0 Å². The van der Waals surface area contributed by atoms with Crippen LogP contribution in [0, 0.1) is 13.8 Å². The molecule has 0 aromatic heterocycles. The zero-order valence-electron chi connectivity index (χ0n) is 11.2. The molecule has 0 bridgehead atoms. The van der Waals surface area contributed by atoms with Gasteiger partial charge in [0, 0.05) is 27.4 Å². The van der Waals surface area contributed by atoms with Crippen LogP contribution < -0.4 is 5.32 Å². The van der Waals surface area contributed by atoms with Crippen molar-refractivity contribution in [1.82, 2.24) is 0 Å². The van der Waals surface area contributed by atoms with E-state index in [2.05, 4.69) is 77.6 Å². The van der Waals surface area contributed by atoms with Crippen LogP contribution in [0.25, 0.3) is 0 Å². The van der Waals surface area contributed by atoms with E-state index in [-0.39, 0.29) is 0 Å². The third-order valence-electron chi connectivity index (χ3n) is 2.91. The summed E-state index contributed by atoms with van der Waals surface area (Å²) in [4.78, 5) is 1.33. The molecule has 100 valence electrons. The number of hydrogen-bond acceptors (Lipinski definition) is 2. The quantitative estimate of drug-likeness (QED) is 0.590. The molecule has 0 amide bonds. The van der Waals surface area contributed by atoms with Crippen LogP contribution >= 0.6 is 27.7 Å². The monoisotopic (exact) mass is 335 g/mol. The van der Waals surface area contributed by atoms with Crippen molar-refractivity contribution in [3.8, 4) is 0 Å². The van der Waals surface area contributed by atoms with Crippen molar-refractivity contribution in [3.05, 3.63) is 58.1 Å². The van der Waals surface area contributed by atoms with Crippen LogP contribution in [0.1, 0.15) is 11.1 Å². The number of anilines is 1. The number of nitrogens with one attached hydrogen (secondary N) is 1. The molecule has 0 saturated heterocycles. The fraction of sp³-hybridized carbons (Fsp3) is 0.250. The number of hydrogen-bond donors (Lipinski definition) is 1. The van der Waals surface area contributed by atoms with E-state index in [4.69, 9.17) is 0 Å². The third kappa shape index (κ3) is 4.29. The van der Waals surface area contributed by atoms with E-state index in [1.165, 1.54) is 21.7 Å². The first-order valence-corrected chi connectivity index (χ1v) is 8.13. The van der Waals surface area contributed by atoms with E-state index in [1.54, 1.807) is 0 Å². The molecule has 19 heavy (non-hydrogen) atoms. The highest BCUT2D eigenvalue weighted by atomic mass is 79.9. The Labute approximate surface area is 127 Å². The zero-order chi connectivity index (χ0) is 13.7. The van der Waals surface area contributed by atoms with Gasteiger partial charge in [0.2, 0.25) is 0 Å². The van der Waals surface area contributed by atoms with Crippen molar-refractivity contribution in [2.45, 2.75) is 18.7 Å². The smallest absolute Gasteiger partial charge is 0.0400 e. The van der Waals surface area contributed by atoms with E-state index >= 15 is 0 Å². The molecule has 0 heterocycles. The third-order valence-corrected chi connectivity index (χ3v) is 4.38. The Morgan fingerprint density at radius 3 is 2.32 bits per heavy atom. The number of halogens is 1. The van der Waals surface area contributed by atoms with Crippen molar-refractivity contribution in [2.75, 3.05) is 17.6 Å². The van der Waals surface area contributed by atoms with E-state index in [9.17, 15) is 0 Å². The van der Waals surface area contributed by atoms with Gasteiger partial charge >= 0.3 is 0 Å². The van der Waals surface area contributed by atoms with Gasteiger partial charge < -0.3 is 5.32 Å². The summed E-state index contributed by atoms with van der Waals surface area (Å²) in [5.41, 5.74) is 3.84. The molecule has 2 rings (SSSR count). The van der Waals surface area contributed by atoms with Crippen molar-refractivity contribution < 1.29 is 0 Å². The Bertz CT molecular complexity index is 517. The Morgan fingerprint density at radius 2 is 1.68 bits per heavy atom. The van der Waals surface area contributed by atoms with Gasteiger partial charge in [-0.2, -0.15) is 0 Å². The fourth-order valence-corrected chi connectivity index (χ4v) is 3.53. The van der Waals surface area contributed by atoms with E-state index in [0.29, 0.717) is 0 Å². The van der Waals surface area contributed by atoms with Gasteiger partial charge in [-0.1, -0.05) is 34.1 Å². The predicted molar refractivity (Wildman–Crippen MR) is 89.3 cm³/mol. The van der Waals surface area contributed by atoms with Gasteiger partial charge in [-0.15, -0.1) is 11.8 Å². The lowest BCUT2D eigenvalue weighted by molar-refractivity contribution is 1.19. The molecule has 0 aliphatic rings. The highest BCUT2D eigenvalue weighted by Crippen LogP contribution is 2.25. The van der Waals surface area contributed by atoms with Crippen LogP contribution in [0.3, 0.4) is 0 Å². The molecule has 3 heteroatoms. The Morgan fingerprint density at radius 1 is 1.05 bits per heavy atom. The molecule has 2 aromatic rings. The van der Waals surface area contributed by atoms with Gasteiger partial charge in [-0.25, -0.2) is 0 Å². The minimum atomic E-state index is 0.975. The molecule has 0 unspecified atom stereocenters. The van der Waals surface area contributed by atoms with Crippen molar-refractivity contribution in [1.29, 1.82) is 0 Å². The van der Waals surface area contributed by atoms with Crippen LogP contribution in [0.15, 0.2) is 51.8 Å². The zero-order valence-corrected chi connectivity index (χ0v) is 13.6. The first-order valence-electron chi connectivity index (χ1n) is 6.35. The van der Waals surface area contributed by atoms with Gasteiger partial charge in [-0.3, -0.25) is 0 Å². The van der Waals surface area contributed by atoms with Crippen LogP contribution in [-0.2, 0) is 0 Å². The van der Waals surface area contributed by atoms with Gasteiger partial charge in [0.25, 0.3) is 0 Å². The Kier molecular flexibility index (Phi) is 5.34. The molecular weight excluding hydrogens is 318 g/mol. The Balaban J connectivity index is 1.86. The molecule has 0 spiro atoms. The second-order valence-corrected chi connectivity index (χ2v) is 6.59. The maximum absolute atomic E-state index is 3.54. The molecular formula is C16H18BrNS. The summed E-state index contributed by atoms with van der Waals surface area (Å²) in [6.07, 6.45) is 0. The number of benzene rings is 2. The SMILES string of the molecule is Cc1cc(Br)cc(C)c1NCCSc1ccccc1. The van der Waals surface area contributed by atoms with Crippen LogP contribution in [-0.4, -0.2) is 12.3 Å². The normalized spacial score (nSPS) is 10.5. The van der Waals surface area contributed by atoms with E-state index in [0.717, 1.165) is 16.8 Å². The highest BCUT2D eigenvalue weighted by Gasteiger charge is 2.03. The fourth-order valence-electron chi connectivity index (χ4n) is 2.05. The molecule has 1 N–H and O–H groups in total. The van der Waals surface area contributed by atoms with Crippen LogP contribution in [0.2, 0.25) is 0 Å². The molecule has 0 aliphatic heterocycles. The molecule has 0 aliphatic carbocycles. The number of thioether (sulfide) groups is 1. The lowest BCUT2D eigenvalue weighted by Crippen LogP contribution is -2.06. The average Bonchev–Trinajstić information content (AvgIpc) is 2.38. The molecule has 1 nitrogen and oxygen atoms in total. The van der Waals surface area contributed by atoms with Gasteiger partial charge in [0.15, 0.2) is 0 Å². The second-order valence-electron chi connectivity index (χ2n) is 4.50. The predicted octanol–water partition coefficient (Wildman–Crippen LogP) is 5.27. The summed E-state index contributed by atoms with van der Waals surface area (Å²) in [5.74, 6) is 1.07. The van der Waals surface area contributed by atoms with Gasteiger partial charge in [0.1, 0.15) is 0 Å². The summed E-state index contributed by atoms with van der Waals surface area (Å²) >= 11 is 5.41.